The Morgan fingerprint density at radius 2 is 1.54 bits per heavy atom. The summed E-state index contributed by atoms with van der Waals surface area (Å²) in [6.45, 7) is 5.24. The summed E-state index contributed by atoms with van der Waals surface area (Å²) in [5.74, 6) is -0.145. The molecule has 2 rings (SSSR count). The molecule has 0 saturated carbocycles. The Hall–Kier alpha value is -2.69. The molecule has 0 N–H and O–H groups in total. The second kappa shape index (κ2) is 10.3. The second-order valence-electron chi connectivity index (χ2n) is 5.96. The van der Waals surface area contributed by atoms with E-state index in [9.17, 15) is 9.59 Å². The predicted octanol–water partition coefficient (Wildman–Crippen LogP) is 4.51. The third-order valence-electron chi connectivity index (χ3n) is 3.87. The van der Waals surface area contributed by atoms with Gasteiger partial charge in [-0.25, -0.2) is 0 Å². The number of unbranched alkanes of at least 4 members (excludes halogenated alkanes) is 2. The lowest BCUT2D eigenvalue weighted by Crippen LogP contribution is -2.16. The number of rotatable bonds is 11. The van der Waals surface area contributed by atoms with Crippen molar-refractivity contribution in [2.75, 3.05) is 13.2 Å². The van der Waals surface area contributed by atoms with Crippen molar-refractivity contribution in [1.29, 1.82) is 0 Å². The van der Waals surface area contributed by atoms with E-state index in [-0.39, 0.29) is 5.56 Å². The highest BCUT2D eigenvalue weighted by molar-refractivity contribution is 6.49. The topological polar surface area (TPSA) is 65.5 Å². The predicted molar refractivity (Wildman–Crippen MR) is 100 cm³/mol. The quantitative estimate of drug-likeness (QED) is 0.337. The minimum atomic E-state index is -0.595. The van der Waals surface area contributed by atoms with Gasteiger partial charge in [0.2, 0.25) is 11.6 Å². The SMILES string of the molecule is CCCCOc1ccc(C(=O)C(=O)c2ccncc2)c(OCCCC)c1. The van der Waals surface area contributed by atoms with E-state index in [1.807, 2.05) is 0 Å². The number of ether oxygens (including phenoxy) is 2. The van der Waals surface area contributed by atoms with Gasteiger partial charge < -0.3 is 9.47 Å². The number of benzene rings is 1. The van der Waals surface area contributed by atoms with E-state index in [4.69, 9.17) is 9.47 Å². The van der Waals surface area contributed by atoms with Crippen LogP contribution in [0.5, 0.6) is 11.5 Å². The Kier molecular flexibility index (Phi) is 7.80. The van der Waals surface area contributed by atoms with Crippen LogP contribution in [0.25, 0.3) is 0 Å². The van der Waals surface area contributed by atoms with E-state index in [0.29, 0.717) is 30.3 Å². The van der Waals surface area contributed by atoms with Crippen molar-refractivity contribution in [3.05, 3.63) is 53.9 Å². The molecule has 5 nitrogen and oxygen atoms in total. The molecule has 1 heterocycles. The Morgan fingerprint density at radius 3 is 2.19 bits per heavy atom. The Bertz CT molecular complexity index is 728. The molecule has 0 fully saturated rings. The number of carbonyl (C=O) groups is 2. The van der Waals surface area contributed by atoms with Gasteiger partial charge in [0.15, 0.2) is 0 Å². The fraction of sp³-hybridized carbons (Fsp3) is 0.381. The van der Waals surface area contributed by atoms with Crippen molar-refractivity contribution in [3.8, 4) is 11.5 Å². The Balaban J connectivity index is 2.23. The summed E-state index contributed by atoms with van der Waals surface area (Å²) in [4.78, 5) is 29.0. The smallest absolute Gasteiger partial charge is 0.237 e. The molecule has 0 unspecified atom stereocenters. The lowest BCUT2D eigenvalue weighted by molar-refractivity contribution is 0.0814. The molecule has 0 aliphatic rings. The van der Waals surface area contributed by atoms with Gasteiger partial charge in [0.1, 0.15) is 11.5 Å². The maximum atomic E-state index is 12.7. The van der Waals surface area contributed by atoms with Crippen LogP contribution < -0.4 is 9.47 Å². The largest absolute Gasteiger partial charge is 0.493 e. The van der Waals surface area contributed by atoms with Gasteiger partial charge in [-0.05, 0) is 37.1 Å². The standard InChI is InChI=1S/C21H25NO4/c1-3-5-13-25-17-7-8-18(19(15-17)26-14-6-4-2)21(24)20(23)16-9-11-22-12-10-16/h7-12,15H,3-6,13-14H2,1-2H3. The average Bonchev–Trinajstić information content (AvgIpc) is 2.68. The van der Waals surface area contributed by atoms with Gasteiger partial charge in [0, 0.05) is 24.0 Å². The number of carbonyl (C=O) groups excluding carboxylic acids is 2. The fourth-order valence-electron chi connectivity index (χ4n) is 2.32. The van der Waals surface area contributed by atoms with Crippen LogP contribution in [0.4, 0.5) is 0 Å². The van der Waals surface area contributed by atoms with E-state index in [0.717, 1.165) is 25.7 Å². The van der Waals surface area contributed by atoms with Crippen molar-refractivity contribution in [2.45, 2.75) is 39.5 Å². The summed E-state index contributed by atoms with van der Waals surface area (Å²) in [6.07, 6.45) is 6.82. The molecular formula is C21H25NO4. The molecule has 0 atom stereocenters. The monoisotopic (exact) mass is 355 g/mol. The van der Waals surface area contributed by atoms with Crippen LogP contribution in [0.3, 0.4) is 0 Å². The highest BCUT2D eigenvalue weighted by Crippen LogP contribution is 2.27. The first-order valence-electron chi connectivity index (χ1n) is 9.06. The number of hydrogen-bond donors (Lipinski definition) is 0. The summed E-state index contributed by atoms with van der Waals surface area (Å²) < 4.78 is 11.5. The summed E-state index contributed by atoms with van der Waals surface area (Å²) in [5.41, 5.74) is 0.568. The van der Waals surface area contributed by atoms with Gasteiger partial charge in [0.05, 0.1) is 18.8 Å². The van der Waals surface area contributed by atoms with Crippen LogP contribution in [-0.4, -0.2) is 29.8 Å². The Morgan fingerprint density at radius 1 is 0.885 bits per heavy atom. The van der Waals surface area contributed by atoms with Crippen LogP contribution in [0.15, 0.2) is 42.7 Å². The minimum Gasteiger partial charge on any atom is -0.493 e. The third kappa shape index (κ3) is 5.41. The van der Waals surface area contributed by atoms with Crippen LogP contribution in [0, 0.1) is 0 Å². The maximum absolute atomic E-state index is 12.7. The van der Waals surface area contributed by atoms with Crippen molar-refractivity contribution in [2.24, 2.45) is 0 Å². The van der Waals surface area contributed by atoms with Crippen molar-refractivity contribution in [3.63, 3.8) is 0 Å². The third-order valence-corrected chi connectivity index (χ3v) is 3.87. The van der Waals surface area contributed by atoms with E-state index in [1.54, 1.807) is 18.2 Å². The van der Waals surface area contributed by atoms with E-state index in [1.165, 1.54) is 24.5 Å². The maximum Gasteiger partial charge on any atom is 0.237 e. The van der Waals surface area contributed by atoms with Crippen LogP contribution in [0.1, 0.15) is 60.2 Å². The molecule has 0 aliphatic heterocycles. The van der Waals surface area contributed by atoms with Gasteiger partial charge in [0.25, 0.3) is 0 Å². The van der Waals surface area contributed by atoms with E-state index in [2.05, 4.69) is 18.8 Å². The van der Waals surface area contributed by atoms with Crippen molar-refractivity contribution < 1.29 is 19.1 Å². The average molecular weight is 355 g/mol. The summed E-state index contributed by atoms with van der Waals surface area (Å²) in [6, 6.07) is 8.05. The lowest BCUT2D eigenvalue weighted by atomic mass is 10.0. The molecule has 138 valence electrons. The zero-order valence-electron chi connectivity index (χ0n) is 15.4. The molecule has 0 amide bonds. The molecule has 0 saturated heterocycles. The van der Waals surface area contributed by atoms with Gasteiger partial charge in [-0.15, -0.1) is 0 Å². The molecule has 0 radical (unpaired) electrons. The van der Waals surface area contributed by atoms with Gasteiger partial charge in [-0.3, -0.25) is 14.6 Å². The summed E-state index contributed by atoms with van der Waals surface area (Å²) in [5, 5.41) is 0. The molecule has 2 aromatic rings. The zero-order valence-corrected chi connectivity index (χ0v) is 15.4. The molecule has 0 spiro atoms. The van der Waals surface area contributed by atoms with Gasteiger partial charge in [-0.2, -0.15) is 0 Å². The summed E-state index contributed by atoms with van der Waals surface area (Å²) >= 11 is 0. The highest BCUT2D eigenvalue weighted by Gasteiger charge is 2.22. The van der Waals surface area contributed by atoms with Crippen LogP contribution >= 0.6 is 0 Å². The Labute approximate surface area is 154 Å². The molecule has 26 heavy (non-hydrogen) atoms. The van der Waals surface area contributed by atoms with Gasteiger partial charge in [-0.1, -0.05) is 26.7 Å². The van der Waals surface area contributed by atoms with Crippen molar-refractivity contribution in [1.82, 2.24) is 4.98 Å². The van der Waals surface area contributed by atoms with Crippen LogP contribution in [-0.2, 0) is 0 Å². The minimum absolute atomic E-state index is 0.255. The van der Waals surface area contributed by atoms with Crippen LogP contribution in [0.2, 0.25) is 0 Å². The number of nitrogens with zero attached hydrogens (tertiary/aromatic N) is 1. The van der Waals surface area contributed by atoms with E-state index >= 15 is 0 Å². The first-order chi connectivity index (χ1) is 12.7. The lowest BCUT2D eigenvalue weighted by Gasteiger charge is -2.13. The number of ketones is 2. The molecule has 1 aromatic carbocycles. The van der Waals surface area contributed by atoms with Crippen molar-refractivity contribution >= 4 is 11.6 Å². The molecule has 0 aliphatic carbocycles. The fourth-order valence-corrected chi connectivity index (χ4v) is 2.32. The zero-order chi connectivity index (χ0) is 18.8. The molecule has 1 aromatic heterocycles. The second-order valence-corrected chi connectivity index (χ2v) is 5.96. The number of hydrogen-bond acceptors (Lipinski definition) is 5. The number of pyridine rings is 1. The molecular weight excluding hydrogens is 330 g/mol. The first kappa shape index (κ1) is 19.6. The summed E-state index contributed by atoms with van der Waals surface area (Å²) in [7, 11) is 0. The highest BCUT2D eigenvalue weighted by atomic mass is 16.5. The first-order valence-corrected chi connectivity index (χ1v) is 9.06. The molecule has 5 heteroatoms. The van der Waals surface area contributed by atoms with E-state index < -0.39 is 11.6 Å². The van der Waals surface area contributed by atoms with Gasteiger partial charge >= 0.3 is 0 Å². The number of Topliss-reactive ketones (excluding diaryl/α,β-unsaturated/α-hetero) is 2. The normalized spacial score (nSPS) is 10.4. The number of aromatic nitrogens is 1. The molecule has 0 bridgehead atoms.